The molecule has 0 radical (unpaired) electrons. The number of carbonyl (C=O) groups excluding carboxylic acids is 1. The summed E-state index contributed by atoms with van der Waals surface area (Å²) in [6.07, 6.45) is 0. The highest BCUT2D eigenvalue weighted by atomic mass is 32.1. The summed E-state index contributed by atoms with van der Waals surface area (Å²) in [5.41, 5.74) is 0. The standard InChI is InChI=1S/C5H8O2S/c1-3-7-5(6)4(2)8/h3H2,1-2H3. The number of hydrogen-bond donors (Lipinski definition) is 0. The number of ether oxygens (including phenoxy) is 1. The van der Waals surface area contributed by atoms with Crippen LogP contribution < -0.4 is 0 Å². The van der Waals surface area contributed by atoms with Crippen molar-refractivity contribution >= 4 is 23.1 Å². The van der Waals surface area contributed by atoms with E-state index >= 15 is 0 Å². The maximum absolute atomic E-state index is 10.4. The van der Waals surface area contributed by atoms with Gasteiger partial charge in [0.15, 0.2) is 0 Å². The van der Waals surface area contributed by atoms with Crippen LogP contribution >= 0.6 is 12.2 Å². The molecule has 0 fully saturated rings. The van der Waals surface area contributed by atoms with Gasteiger partial charge in [-0.3, -0.25) is 0 Å². The van der Waals surface area contributed by atoms with Crippen LogP contribution in [-0.2, 0) is 9.53 Å². The molecule has 0 aliphatic carbocycles. The molecular formula is C5H8O2S. The summed E-state index contributed by atoms with van der Waals surface area (Å²) >= 11 is 4.51. The first-order valence-corrected chi connectivity index (χ1v) is 2.77. The second-order valence-corrected chi connectivity index (χ2v) is 1.89. The molecule has 0 spiro atoms. The smallest absolute Gasteiger partial charge is 0.344 e. The average molecular weight is 132 g/mol. The largest absolute Gasteiger partial charge is 0.462 e. The van der Waals surface area contributed by atoms with Gasteiger partial charge in [0.2, 0.25) is 0 Å². The van der Waals surface area contributed by atoms with Crippen LogP contribution in [0.5, 0.6) is 0 Å². The highest BCUT2D eigenvalue weighted by molar-refractivity contribution is 7.82. The topological polar surface area (TPSA) is 26.3 Å². The first-order chi connectivity index (χ1) is 3.68. The van der Waals surface area contributed by atoms with Gasteiger partial charge < -0.3 is 4.74 Å². The molecule has 0 aromatic rings. The quantitative estimate of drug-likeness (QED) is 0.413. The Bertz CT molecular complexity index is 109. The lowest BCUT2D eigenvalue weighted by molar-refractivity contribution is -0.134. The minimum atomic E-state index is -0.387. The van der Waals surface area contributed by atoms with Crippen molar-refractivity contribution in [3.8, 4) is 0 Å². The van der Waals surface area contributed by atoms with Crippen molar-refractivity contribution in [2.45, 2.75) is 13.8 Å². The van der Waals surface area contributed by atoms with Gasteiger partial charge in [-0.15, -0.1) is 0 Å². The summed E-state index contributed by atoms with van der Waals surface area (Å²) in [6.45, 7) is 3.69. The molecule has 3 heteroatoms. The lowest BCUT2D eigenvalue weighted by Gasteiger charge is -1.95. The van der Waals surface area contributed by atoms with Gasteiger partial charge in [0, 0.05) is 0 Å². The Hall–Kier alpha value is -0.440. The summed E-state index contributed by atoms with van der Waals surface area (Å²) in [4.78, 5) is 10.7. The fourth-order valence-electron chi connectivity index (χ4n) is 0.233. The third-order valence-electron chi connectivity index (χ3n) is 0.563. The summed E-state index contributed by atoms with van der Waals surface area (Å²) < 4.78 is 4.52. The molecule has 0 aromatic carbocycles. The number of thiocarbonyl (C=S) groups is 1. The third kappa shape index (κ3) is 2.69. The summed E-state index contributed by atoms with van der Waals surface area (Å²) in [5, 5.41) is 0. The predicted molar refractivity (Wildman–Crippen MR) is 34.9 cm³/mol. The Kier molecular flexibility index (Phi) is 3.35. The second-order valence-electron chi connectivity index (χ2n) is 1.28. The Labute approximate surface area is 53.8 Å². The lowest BCUT2D eigenvalue weighted by atomic mass is 10.5. The zero-order valence-electron chi connectivity index (χ0n) is 4.93. The molecule has 0 saturated heterocycles. The van der Waals surface area contributed by atoms with Crippen LogP contribution in [0.2, 0.25) is 0 Å². The van der Waals surface area contributed by atoms with Gasteiger partial charge >= 0.3 is 5.97 Å². The number of carbonyl (C=O) groups is 1. The van der Waals surface area contributed by atoms with Crippen LogP contribution in [-0.4, -0.2) is 17.4 Å². The maximum Gasteiger partial charge on any atom is 0.344 e. The number of esters is 1. The van der Waals surface area contributed by atoms with Gasteiger partial charge in [0.25, 0.3) is 0 Å². The second kappa shape index (κ2) is 3.55. The molecule has 0 aliphatic rings. The van der Waals surface area contributed by atoms with Gasteiger partial charge in [-0.1, -0.05) is 12.2 Å². The van der Waals surface area contributed by atoms with Gasteiger partial charge in [0.05, 0.1) is 11.5 Å². The normalized spacial score (nSPS) is 8.25. The molecule has 0 rings (SSSR count). The molecule has 0 bridgehead atoms. The average Bonchev–Trinajstić information content (AvgIpc) is 1.67. The van der Waals surface area contributed by atoms with Gasteiger partial charge in [-0.25, -0.2) is 4.79 Å². The summed E-state index contributed by atoms with van der Waals surface area (Å²) in [5.74, 6) is -0.387. The molecule has 0 N–H and O–H groups in total. The fraction of sp³-hybridized carbons (Fsp3) is 0.600. The van der Waals surface area contributed by atoms with E-state index in [0.29, 0.717) is 6.61 Å². The van der Waals surface area contributed by atoms with E-state index in [1.54, 1.807) is 13.8 Å². The maximum atomic E-state index is 10.4. The van der Waals surface area contributed by atoms with Crippen LogP contribution in [0.4, 0.5) is 0 Å². The third-order valence-corrected chi connectivity index (χ3v) is 0.730. The molecule has 0 aromatic heterocycles. The SMILES string of the molecule is CCOC(=O)C(C)=S. The fourth-order valence-corrected chi connectivity index (χ4v) is 0.292. The van der Waals surface area contributed by atoms with Crippen LogP contribution in [0.1, 0.15) is 13.8 Å². The predicted octanol–water partition coefficient (Wildman–Crippen LogP) is 0.939. The Morgan fingerprint density at radius 1 is 1.75 bits per heavy atom. The Morgan fingerprint density at radius 2 is 2.25 bits per heavy atom. The van der Waals surface area contributed by atoms with Crippen molar-refractivity contribution in [3.63, 3.8) is 0 Å². The highest BCUT2D eigenvalue weighted by Gasteiger charge is 2.00. The zero-order valence-corrected chi connectivity index (χ0v) is 5.75. The van der Waals surface area contributed by atoms with Crippen molar-refractivity contribution in [2.24, 2.45) is 0 Å². The van der Waals surface area contributed by atoms with Crippen LogP contribution in [0.3, 0.4) is 0 Å². The van der Waals surface area contributed by atoms with E-state index in [-0.39, 0.29) is 10.8 Å². The first kappa shape index (κ1) is 7.56. The van der Waals surface area contributed by atoms with Gasteiger partial charge in [-0.05, 0) is 13.8 Å². The Balaban J connectivity index is 3.49. The van der Waals surface area contributed by atoms with E-state index in [4.69, 9.17) is 0 Å². The monoisotopic (exact) mass is 132 g/mol. The van der Waals surface area contributed by atoms with Gasteiger partial charge in [0.1, 0.15) is 0 Å². The van der Waals surface area contributed by atoms with Crippen molar-refractivity contribution in [1.82, 2.24) is 0 Å². The molecule has 0 aliphatic heterocycles. The first-order valence-electron chi connectivity index (χ1n) is 2.36. The van der Waals surface area contributed by atoms with E-state index in [2.05, 4.69) is 17.0 Å². The molecule has 0 atom stereocenters. The van der Waals surface area contributed by atoms with Crippen molar-refractivity contribution in [2.75, 3.05) is 6.61 Å². The molecule has 0 unspecified atom stereocenters. The molecule has 46 valence electrons. The molecular weight excluding hydrogens is 124 g/mol. The summed E-state index contributed by atoms with van der Waals surface area (Å²) in [6, 6.07) is 0. The van der Waals surface area contributed by atoms with E-state index in [1.807, 2.05) is 0 Å². The van der Waals surface area contributed by atoms with E-state index in [9.17, 15) is 4.79 Å². The number of rotatable bonds is 2. The minimum absolute atomic E-state index is 0.284. The lowest BCUT2D eigenvalue weighted by Crippen LogP contribution is -2.11. The van der Waals surface area contributed by atoms with Crippen LogP contribution in [0.25, 0.3) is 0 Å². The minimum Gasteiger partial charge on any atom is -0.462 e. The molecule has 2 nitrogen and oxygen atoms in total. The number of hydrogen-bond acceptors (Lipinski definition) is 3. The van der Waals surface area contributed by atoms with Crippen molar-refractivity contribution < 1.29 is 9.53 Å². The van der Waals surface area contributed by atoms with E-state index in [1.165, 1.54) is 0 Å². The van der Waals surface area contributed by atoms with Crippen molar-refractivity contribution in [3.05, 3.63) is 0 Å². The Morgan fingerprint density at radius 3 is 2.38 bits per heavy atom. The highest BCUT2D eigenvalue weighted by Crippen LogP contribution is 1.81. The van der Waals surface area contributed by atoms with E-state index in [0.717, 1.165) is 0 Å². The summed E-state index contributed by atoms with van der Waals surface area (Å²) in [7, 11) is 0. The molecule has 0 saturated carbocycles. The molecule has 8 heavy (non-hydrogen) atoms. The molecule has 0 amide bonds. The molecule has 0 heterocycles. The van der Waals surface area contributed by atoms with Crippen LogP contribution in [0, 0.1) is 0 Å². The van der Waals surface area contributed by atoms with Gasteiger partial charge in [-0.2, -0.15) is 0 Å². The van der Waals surface area contributed by atoms with Crippen LogP contribution in [0.15, 0.2) is 0 Å². The zero-order chi connectivity index (χ0) is 6.57. The van der Waals surface area contributed by atoms with E-state index < -0.39 is 0 Å². The van der Waals surface area contributed by atoms with Crippen molar-refractivity contribution in [1.29, 1.82) is 0 Å².